The monoisotopic (exact) mass is 357 g/mol. The van der Waals surface area contributed by atoms with Gasteiger partial charge in [-0.3, -0.25) is 19.1 Å². The summed E-state index contributed by atoms with van der Waals surface area (Å²) in [5, 5.41) is 3.17. The summed E-state index contributed by atoms with van der Waals surface area (Å²) < 4.78 is 1.27. The van der Waals surface area contributed by atoms with Crippen molar-refractivity contribution in [3.63, 3.8) is 0 Å². The van der Waals surface area contributed by atoms with Crippen molar-refractivity contribution in [3.8, 4) is 0 Å². The average Bonchev–Trinajstić information content (AvgIpc) is 2.39. The lowest BCUT2D eigenvalue weighted by Crippen LogP contribution is -2.33. The van der Waals surface area contributed by atoms with Crippen LogP contribution in [-0.4, -0.2) is 15.5 Å². The molecule has 0 bridgehead atoms. The lowest BCUT2D eigenvalue weighted by molar-refractivity contribution is -0.116. The molecule has 0 atom stereocenters. The number of carbonyl (C=O) groups excluding carboxylic acids is 1. The lowest BCUT2D eigenvalue weighted by atomic mass is 10.3. The van der Waals surface area contributed by atoms with Crippen molar-refractivity contribution in [3.05, 3.63) is 60.8 Å². The summed E-state index contributed by atoms with van der Waals surface area (Å²) in [6, 6.07) is 6.57. The van der Waals surface area contributed by atoms with E-state index in [4.69, 9.17) is 11.6 Å². The molecular weight excluding hydrogens is 350 g/mol. The Labute approximate surface area is 126 Å². The summed E-state index contributed by atoms with van der Waals surface area (Å²) >= 11 is 8.73. The number of benzene rings is 1. The van der Waals surface area contributed by atoms with Crippen LogP contribution in [0.4, 0.5) is 5.69 Å². The van der Waals surface area contributed by atoms with Crippen LogP contribution in [0.25, 0.3) is 0 Å². The molecule has 0 fully saturated rings. The SMILES string of the molecule is O=C(Cn1cc(Br)c(=O)[nH]c1=O)Nc1ccc(Cl)cc1. The van der Waals surface area contributed by atoms with E-state index in [1.54, 1.807) is 24.3 Å². The smallest absolute Gasteiger partial charge is 0.325 e. The zero-order valence-electron chi connectivity index (χ0n) is 10.0. The molecule has 1 aromatic carbocycles. The van der Waals surface area contributed by atoms with Gasteiger partial charge in [-0.15, -0.1) is 0 Å². The average molecular weight is 359 g/mol. The largest absolute Gasteiger partial charge is 0.328 e. The van der Waals surface area contributed by atoms with Crippen molar-refractivity contribution in [1.82, 2.24) is 9.55 Å². The van der Waals surface area contributed by atoms with E-state index in [0.29, 0.717) is 10.7 Å². The third-order valence-electron chi connectivity index (χ3n) is 2.41. The molecule has 1 heterocycles. The molecule has 0 unspecified atom stereocenters. The van der Waals surface area contributed by atoms with Crippen LogP contribution in [0.5, 0.6) is 0 Å². The molecule has 1 aromatic heterocycles. The highest BCUT2D eigenvalue weighted by Crippen LogP contribution is 2.13. The predicted molar refractivity (Wildman–Crippen MR) is 79.1 cm³/mol. The van der Waals surface area contributed by atoms with Gasteiger partial charge in [0.2, 0.25) is 5.91 Å². The fourth-order valence-corrected chi connectivity index (χ4v) is 1.96. The molecule has 2 aromatic rings. The predicted octanol–water partition coefficient (Wildman–Crippen LogP) is 1.59. The second kappa shape index (κ2) is 6.06. The zero-order chi connectivity index (χ0) is 14.7. The first-order valence-corrected chi connectivity index (χ1v) is 6.67. The van der Waals surface area contributed by atoms with Crippen LogP contribution in [0.15, 0.2) is 44.5 Å². The molecule has 6 nitrogen and oxygen atoms in total. The van der Waals surface area contributed by atoms with Gasteiger partial charge in [-0.05, 0) is 40.2 Å². The number of hydrogen-bond acceptors (Lipinski definition) is 3. The third kappa shape index (κ3) is 3.58. The molecule has 0 saturated carbocycles. The highest BCUT2D eigenvalue weighted by molar-refractivity contribution is 9.10. The number of anilines is 1. The number of rotatable bonds is 3. The minimum atomic E-state index is -0.649. The second-order valence-corrected chi connectivity index (χ2v) is 5.21. The Hall–Kier alpha value is -1.86. The van der Waals surface area contributed by atoms with Gasteiger partial charge in [0.05, 0.1) is 4.47 Å². The van der Waals surface area contributed by atoms with Crippen LogP contribution < -0.4 is 16.6 Å². The Morgan fingerprint density at radius 2 is 1.95 bits per heavy atom. The maximum absolute atomic E-state index is 11.8. The van der Waals surface area contributed by atoms with Gasteiger partial charge in [-0.2, -0.15) is 0 Å². The van der Waals surface area contributed by atoms with Gasteiger partial charge < -0.3 is 5.32 Å². The van der Waals surface area contributed by atoms with Crippen molar-refractivity contribution in [2.75, 3.05) is 5.32 Å². The van der Waals surface area contributed by atoms with Gasteiger partial charge in [-0.1, -0.05) is 11.6 Å². The van der Waals surface area contributed by atoms with Gasteiger partial charge in [0.25, 0.3) is 5.56 Å². The van der Waals surface area contributed by atoms with E-state index in [-0.39, 0.29) is 11.0 Å². The number of nitrogens with zero attached hydrogens (tertiary/aromatic N) is 1. The molecule has 0 aliphatic heterocycles. The standard InChI is InChI=1S/C12H9BrClN3O3/c13-9-5-17(12(20)16-11(9)19)6-10(18)15-8-3-1-7(14)2-4-8/h1-5H,6H2,(H,15,18)(H,16,19,20). The summed E-state index contributed by atoms with van der Waals surface area (Å²) in [4.78, 5) is 36.6. The minimum Gasteiger partial charge on any atom is -0.325 e. The topological polar surface area (TPSA) is 84.0 Å². The number of amides is 1. The number of aromatic amines is 1. The number of halogens is 2. The van der Waals surface area contributed by atoms with Gasteiger partial charge in [0.1, 0.15) is 6.54 Å². The molecule has 1 amide bonds. The maximum atomic E-state index is 11.8. The summed E-state index contributed by atoms with van der Waals surface area (Å²) in [6.45, 7) is -0.211. The first-order chi connectivity index (χ1) is 9.45. The van der Waals surface area contributed by atoms with Crippen molar-refractivity contribution in [2.45, 2.75) is 6.54 Å². The van der Waals surface area contributed by atoms with Crippen molar-refractivity contribution < 1.29 is 4.79 Å². The molecule has 0 aliphatic rings. The van der Waals surface area contributed by atoms with Crippen LogP contribution in [0.2, 0.25) is 5.02 Å². The van der Waals surface area contributed by atoms with E-state index < -0.39 is 17.2 Å². The van der Waals surface area contributed by atoms with E-state index in [1.165, 1.54) is 6.20 Å². The van der Waals surface area contributed by atoms with Crippen LogP contribution >= 0.6 is 27.5 Å². The van der Waals surface area contributed by atoms with Crippen molar-refractivity contribution in [1.29, 1.82) is 0 Å². The maximum Gasteiger partial charge on any atom is 0.328 e. The first-order valence-electron chi connectivity index (χ1n) is 5.50. The van der Waals surface area contributed by atoms with E-state index >= 15 is 0 Å². The number of nitrogens with one attached hydrogen (secondary N) is 2. The Balaban J connectivity index is 2.12. The van der Waals surface area contributed by atoms with Gasteiger partial charge >= 0.3 is 5.69 Å². The normalized spacial score (nSPS) is 10.3. The number of H-pyrrole nitrogens is 1. The van der Waals surface area contributed by atoms with E-state index in [2.05, 4.69) is 26.2 Å². The molecule has 0 aliphatic carbocycles. The van der Waals surface area contributed by atoms with Crippen molar-refractivity contribution in [2.24, 2.45) is 0 Å². The Morgan fingerprint density at radius 1 is 1.30 bits per heavy atom. The Kier molecular flexibility index (Phi) is 4.41. The molecule has 20 heavy (non-hydrogen) atoms. The zero-order valence-corrected chi connectivity index (χ0v) is 12.4. The van der Waals surface area contributed by atoms with Crippen LogP contribution in [0.1, 0.15) is 0 Å². The Bertz CT molecular complexity index is 752. The van der Waals surface area contributed by atoms with Gasteiger partial charge in [0, 0.05) is 16.9 Å². The molecule has 8 heteroatoms. The lowest BCUT2D eigenvalue weighted by Gasteiger charge is -2.07. The minimum absolute atomic E-state index is 0.177. The molecule has 2 rings (SSSR count). The van der Waals surface area contributed by atoms with Gasteiger partial charge in [0.15, 0.2) is 0 Å². The van der Waals surface area contributed by atoms with E-state index in [9.17, 15) is 14.4 Å². The van der Waals surface area contributed by atoms with Crippen molar-refractivity contribution >= 4 is 39.1 Å². The Morgan fingerprint density at radius 3 is 2.60 bits per heavy atom. The summed E-state index contributed by atoms with van der Waals surface area (Å²) in [5.74, 6) is -0.395. The number of carbonyl (C=O) groups is 1. The summed E-state index contributed by atoms with van der Waals surface area (Å²) in [7, 11) is 0. The highest BCUT2D eigenvalue weighted by atomic mass is 79.9. The summed E-state index contributed by atoms with van der Waals surface area (Å²) in [6.07, 6.45) is 1.27. The van der Waals surface area contributed by atoms with E-state index in [0.717, 1.165) is 4.57 Å². The van der Waals surface area contributed by atoms with Gasteiger partial charge in [-0.25, -0.2) is 4.79 Å². The molecular formula is C12H9BrClN3O3. The van der Waals surface area contributed by atoms with E-state index in [1.807, 2.05) is 0 Å². The fourth-order valence-electron chi connectivity index (χ4n) is 1.49. The molecule has 104 valence electrons. The highest BCUT2D eigenvalue weighted by Gasteiger charge is 2.07. The molecule has 0 radical (unpaired) electrons. The molecule has 0 saturated heterocycles. The number of hydrogen-bond donors (Lipinski definition) is 2. The van der Waals surface area contributed by atoms with Crippen LogP contribution in [-0.2, 0) is 11.3 Å². The molecule has 0 spiro atoms. The van der Waals surface area contributed by atoms with Crippen LogP contribution in [0, 0.1) is 0 Å². The quantitative estimate of drug-likeness (QED) is 0.874. The fraction of sp³-hybridized carbons (Fsp3) is 0.0833. The van der Waals surface area contributed by atoms with Crippen LogP contribution in [0.3, 0.4) is 0 Å². The molecule has 2 N–H and O–H groups in total. The number of aromatic nitrogens is 2. The summed E-state index contributed by atoms with van der Waals surface area (Å²) in [5.41, 5.74) is -0.621. The first kappa shape index (κ1) is 14.5. The second-order valence-electron chi connectivity index (χ2n) is 3.92. The third-order valence-corrected chi connectivity index (χ3v) is 3.23.